The van der Waals surface area contributed by atoms with Gasteiger partial charge in [0.25, 0.3) is 0 Å². The van der Waals surface area contributed by atoms with Crippen LogP contribution in [0.25, 0.3) is 21.9 Å². The molecule has 5 rings (SSSR count). The van der Waals surface area contributed by atoms with Crippen LogP contribution in [-0.2, 0) is 0 Å². The molecule has 4 nitrogen and oxygen atoms in total. The first-order valence-corrected chi connectivity index (χ1v) is 13.9. The number of aryl methyl sites for hydroxylation is 1. The van der Waals surface area contributed by atoms with Gasteiger partial charge in [-0.05, 0) is 110 Å². The Hall–Kier alpha value is -3.15. The molecule has 1 aliphatic rings. The van der Waals surface area contributed by atoms with E-state index in [-0.39, 0.29) is 5.75 Å². The van der Waals surface area contributed by atoms with Crippen molar-refractivity contribution in [2.75, 3.05) is 32.5 Å². The first-order valence-electron chi connectivity index (χ1n) is 12.6. The van der Waals surface area contributed by atoms with Crippen molar-refractivity contribution in [3.8, 4) is 34.1 Å². The molecule has 0 unspecified atom stereocenters. The Labute approximate surface area is 217 Å². The first kappa shape index (κ1) is 24.5. The molecule has 0 aliphatic carbocycles. The average molecular weight is 500 g/mol. The number of nitrogens with zero attached hydrogens (tertiary/aromatic N) is 1. The molecule has 0 spiro atoms. The maximum atomic E-state index is 10.0. The second-order valence-corrected chi connectivity index (χ2v) is 10.2. The number of thioether (sulfide) groups is 1. The number of phenols is 1. The van der Waals surface area contributed by atoms with Gasteiger partial charge in [-0.2, -0.15) is 0 Å². The summed E-state index contributed by atoms with van der Waals surface area (Å²) in [5.41, 5.74) is 3.36. The van der Waals surface area contributed by atoms with E-state index in [4.69, 9.17) is 9.47 Å². The van der Waals surface area contributed by atoms with E-state index in [2.05, 4.69) is 42.3 Å². The third-order valence-electron chi connectivity index (χ3n) is 6.83. The number of aromatic hydroxyl groups is 1. The van der Waals surface area contributed by atoms with E-state index in [1.54, 1.807) is 23.9 Å². The molecule has 1 fully saturated rings. The van der Waals surface area contributed by atoms with E-state index >= 15 is 0 Å². The molecular formula is C31H33NO3S. The van der Waals surface area contributed by atoms with E-state index in [9.17, 15) is 5.11 Å². The van der Waals surface area contributed by atoms with Crippen molar-refractivity contribution in [2.45, 2.75) is 31.1 Å². The van der Waals surface area contributed by atoms with Gasteiger partial charge in [0, 0.05) is 22.4 Å². The summed E-state index contributed by atoms with van der Waals surface area (Å²) in [6.45, 7) is 6.17. The molecule has 0 radical (unpaired) electrons. The summed E-state index contributed by atoms with van der Waals surface area (Å²) in [5, 5.41) is 11.9. The normalized spacial score (nSPS) is 14.2. The molecule has 0 saturated carbocycles. The van der Waals surface area contributed by atoms with Gasteiger partial charge in [0.2, 0.25) is 0 Å². The molecule has 0 atom stereocenters. The summed E-state index contributed by atoms with van der Waals surface area (Å²) in [5.74, 6) is 2.62. The number of ether oxygens (including phenoxy) is 2. The van der Waals surface area contributed by atoms with Crippen LogP contribution in [0.1, 0.15) is 24.8 Å². The second-order valence-electron chi connectivity index (χ2n) is 9.36. The molecule has 4 aromatic rings. The van der Waals surface area contributed by atoms with Crippen LogP contribution in [0, 0.1) is 6.92 Å². The molecule has 1 N–H and O–H groups in total. The zero-order valence-electron chi connectivity index (χ0n) is 21.0. The molecule has 1 saturated heterocycles. The van der Waals surface area contributed by atoms with Crippen LogP contribution in [-0.4, -0.2) is 42.5 Å². The van der Waals surface area contributed by atoms with Crippen molar-refractivity contribution in [3.63, 3.8) is 0 Å². The summed E-state index contributed by atoms with van der Waals surface area (Å²) < 4.78 is 12.5. The number of fused-ring (bicyclic) bond motifs is 1. The average Bonchev–Trinajstić information content (AvgIpc) is 2.90. The highest BCUT2D eigenvalue weighted by molar-refractivity contribution is 7.98. The van der Waals surface area contributed by atoms with Gasteiger partial charge in [0.15, 0.2) is 0 Å². The van der Waals surface area contributed by atoms with Gasteiger partial charge in [-0.1, -0.05) is 24.6 Å². The van der Waals surface area contributed by atoms with Crippen LogP contribution in [0.4, 0.5) is 0 Å². The maximum absolute atomic E-state index is 10.0. The van der Waals surface area contributed by atoms with E-state index in [1.165, 1.54) is 42.8 Å². The number of benzene rings is 4. The van der Waals surface area contributed by atoms with Gasteiger partial charge in [-0.25, -0.2) is 0 Å². The number of rotatable bonds is 8. The largest absolute Gasteiger partial charge is 0.508 e. The lowest BCUT2D eigenvalue weighted by atomic mass is 9.98. The molecule has 0 bridgehead atoms. The highest BCUT2D eigenvalue weighted by atomic mass is 32.2. The lowest BCUT2D eigenvalue weighted by molar-refractivity contribution is 0.183. The number of hydrogen-bond donors (Lipinski definition) is 1. The topological polar surface area (TPSA) is 41.9 Å². The van der Waals surface area contributed by atoms with E-state index in [0.717, 1.165) is 45.7 Å². The predicted molar refractivity (Wildman–Crippen MR) is 150 cm³/mol. The molecule has 36 heavy (non-hydrogen) atoms. The quantitative estimate of drug-likeness (QED) is 0.250. The van der Waals surface area contributed by atoms with Gasteiger partial charge >= 0.3 is 0 Å². The van der Waals surface area contributed by atoms with Gasteiger partial charge in [-0.15, -0.1) is 11.8 Å². The minimum atomic E-state index is 0.243. The van der Waals surface area contributed by atoms with Gasteiger partial charge < -0.3 is 14.6 Å². The minimum absolute atomic E-state index is 0.243. The molecular weight excluding hydrogens is 466 g/mol. The Morgan fingerprint density at radius 3 is 2.39 bits per heavy atom. The summed E-state index contributed by atoms with van der Waals surface area (Å²) in [6, 6.07) is 23.9. The van der Waals surface area contributed by atoms with Crippen LogP contribution >= 0.6 is 11.8 Å². The zero-order chi connectivity index (χ0) is 24.9. The molecule has 186 valence electrons. The standard InChI is InChI=1S/C31H33NO3S/c1-22-20-23(7-15-30(22)36-2)28-13-6-24-21-25(33)8-14-29(24)31(28)35-27-11-9-26(10-12-27)34-19-18-32-16-4-3-5-17-32/h6-15,20-21,33H,3-5,16-19H2,1-2H3. The fraction of sp³-hybridized carbons (Fsp3) is 0.290. The Balaban J connectivity index is 1.39. The molecule has 1 aliphatic heterocycles. The summed E-state index contributed by atoms with van der Waals surface area (Å²) in [6.07, 6.45) is 6.04. The number of likely N-dealkylation sites (tertiary alicyclic amines) is 1. The Morgan fingerprint density at radius 1 is 0.861 bits per heavy atom. The molecule has 4 aromatic carbocycles. The molecule has 1 heterocycles. The zero-order valence-corrected chi connectivity index (χ0v) is 21.8. The smallest absolute Gasteiger partial charge is 0.143 e. The van der Waals surface area contributed by atoms with Crippen LogP contribution in [0.5, 0.6) is 23.0 Å². The van der Waals surface area contributed by atoms with Crippen LogP contribution < -0.4 is 9.47 Å². The fourth-order valence-corrected chi connectivity index (χ4v) is 5.45. The molecule has 5 heteroatoms. The molecule has 0 aromatic heterocycles. The lowest BCUT2D eigenvalue weighted by Gasteiger charge is -2.26. The van der Waals surface area contributed by atoms with Crippen LogP contribution in [0.3, 0.4) is 0 Å². The van der Waals surface area contributed by atoms with Crippen LogP contribution in [0.2, 0.25) is 0 Å². The Kier molecular flexibility index (Phi) is 7.69. The lowest BCUT2D eigenvalue weighted by Crippen LogP contribution is -2.33. The van der Waals surface area contributed by atoms with Crippen molar-refractivity contribution in [3.05, 3.63) is 78.4 Å². The Morgan fingerprint density at radius 2 is 1.64 bits per heavy atom. The van der Waals surface area contributed by atoms with Crippen molar-refractivity contribution < 1.29 is 14.6 Å². The van der Waals surface area contributed by atoms with Crippen molar-refractivity contribution in [1.82, 2.24) is 4.90 Å². The number of piperidine rings is 1. The van der Waals surface area contributed by atoms with E-state index < -0.39 is 0 Å². The SMILES string of the molecule is CSc1ccc(-c2ccc3cc(O)ccc3c2Oc2ccc(OCCN3CCCCC3)cc2)cc1C. The van der Waals surface area contributed by atoms with Gasteiger partial charge in [0.05, 0.1) is 0 Å². The van der Waals surface area contributed by atoms with Crippen molar-refractivity contribution >= 4 is 22.5 Å². The summed E-state index contributed by atoms with van der Waals surface area (Å²) >= 11 is 1.75. The number of phenolic OH excluding ortho intramolecular Hbond substituents is 1. The van der Waals surface area contributed by atoms with Crippen molar-refractivity contribution in [2.24, 2.45) is 0 Å². The third kappa shape index (κ3) is 5.63. The third-order valence-corrected chi connectivity index (χ3v) is 7.73. The highest BCUT2D eigenvalue weighted by Gasteiger charge is 2.14. The van der Waals surface area contributed by atoms with E-state index in [0.29, 0.717) is 6.61 Å². The van der Waals surface area contributed by atoms with E-state index in [1.807, 2.05) is 36.4 Å². The highest BCUT2D eigenvalue weighted by Crippen LogP contribution is 2.41. The van der Waals surface area contributed by atoms with Gasteiger partial charge in [0.1, 0.15) is 29.6 Å². The van der Waals surface area contributed by atoms with Crippen LogP contribution in [0.15, 0.2) is 77.7 Å². The predicted octanol–water partition coefficient (Wildman–Crippen LogP) is 7.90. The Bertz CT molecular complexity index is 1330. The monoisotopic (exact) mass is 499 g/mol. The molecule has 0 amide bonds. The maximum Gasteiger partial charge on any atom is 0.143 e. The summed E-state index contributed by atoms with van der Waals surface area (Å²) in [7, 11) is 0. The van der Waals surface area contributed by atoms with Crippen molar-refractivity contribution in [1.29, 1.82) is 0 Å². The number of hydrogen-bond acceptors (Lipinski definition) is 5. The first-order chi connectivity index (χ1) is 17.6. The van der Waals surface area contributed by atoms with Gasteiger partial charge in [-0.3, -0.25) is 4.90 Å². The fourth-order valence-electron chi connectivity index (χ4n) is 4.87. The second kappa shape index (κ2) is 11.3. The minimum Gasteiger partial charge on any atom is -0.508 e. The summed E-state index contributed by atoms with van der Waals surface area (Å²) in [4.78, 5) is 3.75.